The first-order chi connectivity index (χ1) is 8.21. The predicted molar refractivity (Wildman–Crippen MR) is 71.1 cm³/mol. The van der Waals surface area contributed by atoms with E-state index in [9.17, 15) is 0 Å². The third kappa shape index (κ3) is 4.65. The van der Waals surface area contributed by atoms with Crippen molar-refractivity contribution in [3.63, 3.8) is 0 Å². The molecule has 0 aromatic carbocycles. The van der Waals surface area contributed by atoms with E-state index >= 15 is 0 Å². The zero-order valence-electron chi connectivity index (χ0n) is 10.8. The number of likely N-dealkylation sites (N-methyl/N-ethyl adjacent to an activating group) is 1. The van der Waals surface area contributed by atoms with Crippen LogP contribution in [0, 0.1) is 0 Å². The van der Waals surface area contributed by atoms with Crippen molar-refractivity contribution in [3.05, 3.63) is 11.7 Å². The molecule has 0 radical (unpaired) electrons. The van der Waals surface area contributed by atoms with E-state index in [4.69, 9.17) is 10.3 Å². The number of aromatic nitrogens is 2. The summed E-state index contributed by atoms with van der Waals surface area (Å²) in [6.45, 7) is 6.99. The van der Waals surface area contributed by atoms with E-state index in [-0.39, 0.29) is 6.04 Å². The lowest BCUT2D eigenvalue weighted by atomic mass is 10.2. The van der Waals surface area contributed by atoms with E-state index in [0.29, 0.717) is 11.7 Å². The van der Waals surface area contributed by atoms with Crippen LogP contribution in [0.25, 0.3) is 0 Å². The first kappa shape index (κ1) is 14.5. The summed E-state index contributed by atoms with van der Waals surface area (Å²) >= 11 is 1.76. The van der Waals surface area contributed by atoms with Crippen molar-refractivity contribution in [2.75, 3.05) is 31.6 Å². The molecule has 0 fully saturated rings. The Hall–Kier alpha value is -0.590. The van der Waals surface area contributed by atoms with Crippen LogP contribution < -0.4 is 5.73 Å². The fourth-order valence-corrected chi connectivity index (χ4v) is 1.93. The molecular formula is C11H22N4OS. The van der Waals surface area contributed by atoms with E-state index in [2.05, 4.69) is 35.1 Å². The SMILES string of the molecule is CCN(CC)CC(N)c1noc(CCSC)n1. The van der Waals surface area contributed by atoms with E-state index in [1.165, 1.54) is 0 Å². The summed E-state index contributed by atoms with van der Waals surface area (Å²) in [5.74, 6) is 2.30. The molecule has 2 N–H and O–H groups in total. The summed E-state index contributed by atoms with van der Waals surface area (Å²) < 4.78 is 5.16. The second kappa shape index (κ2) is 7.68. The molecule has 1 aromatic rings. The molecule has 1 rings (SSSR count). The van der Waals surface area contributed by atoms with Gasteiger partial charge in [-0.3, -0.25) is 0 Å². The second-order valence-corrected chi connectivity index (χ2v) is 4.87. The van der Waals surface area contributed by atoms with Crippen LogP contribution in [0.15, 0.2) is 4.52 Å². The number of nitrogens with two attached hydrogens (primary N) is 1. The Morgan fingerprint density at radius 1 is 1.41 bits per heavy atom. The maximum Gasteiger partial charge on any atom is 0.227 e. The molecular weight excluding hydrogens is 236 g/mol. The standard InChI is InChI=1S/C11H22N4OS/c1-4-15(5-2)8-9(12)11-13-10(16-14-11)6-7-17-3/h9H,4-8,12H2,1-3H3. The van der Waals surface area contributed by atoms with Gasteiger partial charge in [-0.05, 0) is 19.3 Å². The number of hydrogen-bond acceptors (Lipinski definition) is 6. The Morgan fingerprint density at radius 3 is 2.71 bits per heavy atom. The molecule has 1 heterocycles. The highest BCUT2D eigenvalue weighted by Gasteiger charge is 2.16. The Labute approximate surface area is 107 Å². The van der Waals surface area contributed by atoms with Gasteiger partial charge in [0.05, 0.1) is 6.04 Å². The summed E-state index contributed by atoms with van der Waals surface area (Å²) in [5.41, 5.74) is 6.06. The van der Waals surface area contributed by atoms with Crippen molar-refractivity contribution < 1.29 is 4.52 Å². The normalized spacial score (nSPS) is 13.2. The zero-order valence-corrected chi connectivity index (χ0v) is 11.7. The average molecular weight is 258 g/mol. The lowest BCUT2D eigenvalue weighted by molar-refractivity contribution is 0.277. The predicted octanol–water partition coefficient (Wildman–Crippen LogP) is 1.32. The molecule has 1 atom stereocenters. The smallest absolute Gasteiger partial charge is 0.227 e. The van der Waals surface area contributed by atoms with Gasteiger partial charge in [0.15, 0.2) is 5.82 Å². The number of rotatable bonds is 8. The maximum absolute atomic E-state index is 6.06. The molecule has 1 aromatic heterocycles. The minimum Gasteiger partial charge on any atom is -0.339 e. The third-order valence-electron chi connectivity index (χ3n) is 2.68. The van der Waals surface area contributed by atoms with Crippen molar-refractivity contribution in [2.45, 2.75) is 26.3 Å². The fourth-order valence-electron chi connectivity index (χ4n) is 1.55. The van der Waals surface area contributed by atoms with Crippen LogP contribution >= 0.6 is 11.8 Å². The Morgan fingerprint density at radius 2 is 2.12 bits per heavy atom. The second-order valence-electron chi connectivity index (χ2n) is 3.88. The van der Waals surface area contributed by atoms with Crippen LogP contribution in [-0.2, 0) is 6.42 Å². The molecule has 17 heavy (non-hydrogen) atoms. The monoisotopic (exact) mass is 258 g/mol. The van der Waals surface area contributed by atoms with E-state index < -0.39 is 0 Å². The largest absolute Gasteiger partial charge is 0.339 e. The number of hydrogen-bond donors (Lipinski definition) is 1. The first-order valence-corrected chi connectivity index (χ1v) is 7.39. The molecule has 0 aliphatic heterocycles. The van der Waals surface area contributed by atoms with Crippen molar-refractivity contribution in [1.29, 1.82) is 0 Å². The summed E-state index contributed by atoms with van der Waals surface area (Å²) in [6, 6.07) is -0.165. The van der Waals surface area contributed by atoms with Crippen LogP contribution in [0.1, 0.15) is 31.6 Å². The molecule has 0 amide bonds. The van der Waals surface area contributed by atoms with Crippen LogP contribution in [0.4, 0.5) is 0 Å². The third-order valence-corrected chi connectivity index (χ3v) is 3.30. The van der Waals surface area contributed by atoms with Gasteiger partial charge >= 0.3 is 0 Å². The highest BCUT2D eigenvalue weighted by molar-refractivity contribution is 7.98. The first-order valence-electron chi connectivity index (χ1n) is 6.00. The highest BCUT2D eigenvalue weighted by atomic mass is 32.2. The minimum atomic E-state index is -0.165. The molecule has 0 saturated heterocycles. The topological polar surface area (TPSA) is 68.2 Å². The highest BCUT2D eigenvalue weighted by Crippen LogP contribution is 2.09. The quantitative estimate of drug-likeness (QED) is 0.758. The molecule has 0 bridgehead atoms. The van der Waals surface area contributed by atoms with Gasteiger partial charge < -0.3 is 15.2 Å². The summed E-state index contributed by atoms with van der Waals surface area (Å²) in [7, 11) is 0. The van der Waals surface area contributed by atoms with Gasteiger partial charge in [0, 0.05) is 18.7 Å². The molecule has 0 spiro atoms. The van der Waals surface area contributed by atoms with E-state index in [0.717, 1.165) is 31.8 Å². The van der Waals surface area contributed by atoms with Gasteiger partial charge in [-0.15, -0.1) is 0 Å². The van der Waals surface area contributed by atoms with Crippen molar-refractivity contribution >= 4 is 11.8 Å². The number of nitrogens with zero attached hydrogens (tertiary/aromatic N) is 3. The average Bonchev–Trinajstić information content (AvgIpc) is 2.82. The van der Waals surface area contributed by atoms with Gasteiger partial charge in [0.2, 0.25) is 5.89 Å². The molecule has 0 aliphatic carbocycles. The summed E-state index contributed by atoms with van der Waals surface area (Å²) in [4.78, 5) is 6.58. The Bertz CT molecular complexity index is 314. The Balaban J connectivity index is 2.50. The molecule has 5 nitrogen and oxygen atoms in total. The van der Waals surface area contributed by atoms with Crippen LogP contribution in [0.5, 0.6) is 0 Å². The zero-order chi connectivity index (χ0) is 12.7. The molecule has 0 aliphatic rings. The lowest BCUT2D eigenvalue weighted by Gasteiger charge is -2.20. The minimum absolute atomic E-state index is 0.165. The van der Waals surface area contributed by atoms with Gasteiger partial charge in [-0.2, -0.15) is 16.7 Å². The van der Waals surface area contributed by atoms with Crippen LogP contribution in [0.2, 0.25) is 0 Å². The van der Waals surface area contributed by atoms with Gasteiger partial charge in [0.25, 0.3) is 0 Å². The van der Waals surface area contributed by atoms with Gasteiger partial charge in [0.1, 0.15) is 0 Å². The van der Waals surface area contributed by atoms with Crippen LogP contribution in [0.3, 0.4) is 0 Å². The molecule has 0 saturated carbocycles. The summed E-state index contributed by atoms with van der Waals surface area (Å²) in [6.07, 6.45) is 2.87. The lowest BCUT2D eigenvalue weighted by Crippen LogP contribution is -2.32. The molecule has 1 unspecified atom stereocenters. The molecule has 98 valence electrons. The van der Waals surface area contributed by atoms with Gasteiger partial charge in [-0.25, -0.2) is 0 Å². The molecule has 6 heteroatoms. The van der Waals surface area contributed by atoms with Crippen molar-refractivity contribution in [1.82, 2.24) is 15.0 Å². The summed E-state index contributed by atoms with van der Waals surface area (Å²) in [5, 5.41) is 3.94. The van der Waals surface area contributed by atoms with Crippen molar-refractivity contribution in [3.8, 4) is 0 Å². The number of aryl methyl sites for hydroxylation is 1. The Kier molecular flexibility index (Phi) is 6.54. The fraction of sp³-hybridized carbons (Fsp3) is 0.818. The van der Waals surface area contributed by atoms with Crippen LogP contribution in [-0.4, -0.2) is 46.7 Å². The van der Waals surface area contributed by atoms with E-state index in [1.54, 1.807) is 11.8 Å². The maximum atomic E-state index is 6.06. The van der Waals surface area contributed by atoms with Crippen molar-refractivity contribution in [2.24, 2.45) is 5.73 Å². The van der Waals surface area contributed by atoms with E-state index in [1.807, 2.05) is 0 Å². The van der Waals surface area contributed by atoms with Gasteiger partial charge in [-0.1, -0.05) is 19.0 Å². The number of thioether (sulfide) groups is 1.